The van der Waals surface area contributed by atoms with Crippen LogP contribution in [0.3, 0.4) is 0 Å². The molecule has 1 fully saturated rings. The predicted octanol–water partition coefficient (Wildman–Crippen LogP) is 1.56. The third kappa shape index (κ3) is 3.21. The van der Waals surface area contributed by atoms with E-state index in [1.54, 1.807) is 18.2 Å². The molecule has 0 unspecified atom stereocenters. The molecular formula is C15H19NO3S. The van der Waals surface area contributed by atoms with E-state index in [9.17, 15) is 8.42 Å². The molecule has 0 aromatic heterocycles. The van der Waals surface area contributed by atoms with Crippen LogP contribution in [0.15, 0.2) is 23.1 Å². The topological polar surface area (TPSA) is 66.4 Å². The maximum atomic E-state index is 12.5. The van der Waals surface area contributed by atoms with E-state index in [0.29, 0.717) is 5.56 Å². The standard InChI is InChI=1S/C15H19NO3S/c1-12-6-7-14(13(11-12)5-3-10-17)20(18,19)16-15(2)8-4-9-15/h6-7,11,16-17H,4,8-10H2,1-2H3. The zero-order chi connectivity index (χ0) is 14.8. The van der Waals surface area contributed by atoms with Gasteiger partial charge in [-0.25, -0.2) is 13.1 Å². The normalized spacial score (nSPS) is 16.9. The Morgan fingerprint density at radius 2 is 2.10 bits per heavy atom. The fraction of sp³-hybridized carbons (Fsp3) is 0.467. The fourth-order valence-corrected chi connectivity index (χ4v) is 3.91. The molecule has 4 nitrogen and oxygen atoms in total. The van der Waals surface area contributed by atoms with Gasteiger partial charge in [0, 0.05) is 11.1 Å². The van der Waals surface area contributed by atoms with Crippen LogP contribution in [0.2, 0.25) is 0 Å². The smallest absolute Gasteiger partial charge is 0.242 e. The minimum atomic E-state index is -3.59. The number of aliphatic hydroxyl groups excluding tert-OH is 1. The minimum Gasteiger partial charge on any atom is -0.384 e. The van der Waals surface area contributed by atoms with E-state index in [0.717, 1.165) is 24.8 Å². The van der Waals surface area contributed by atoms with Crippen LogP contribution in [-0.2, 0) is 10.0 Å². The van der Waals surface area contributed by atoms with Crippen molar-refractivity contribution in [2.75, 3.05) is 6.61 Å². The van der Waals surface area contributed by atoms with E-state index in [-0.39, 0.29) is 17.0 Å². The van der Waals surface area contributed by atoms with Crippen LogP contribution in [0.4, 0.5) is 0 Å². The Balaban J connectivity index is 2.40. The highest BCUT2D eigenvalue weighted by atomic mass is 32.2. The summed E-state index contributed by atoms with van der Waals surface area (Å²) in [5.41, 5.74) is 1.02. The number of hydrogen-bond acceptors (Lipinski definition) is 3. The number of hydrogen-bond donors (Lipinski definition) is 2. The summed E-state index contributed by atoms with van der Waals surface area (Å²) >= 11 is 0. The molecule has 5 heteroatoms. The molecule has 1 saturated carbocycles. The second-order valence-corrected chi connectivity index (χ2v) is 7.13. The van der Waals surface area contributed by atoms with Crippen LogP contribution in [-0.4, -0.2) is 25.7 Å². The van der Waals surface area contributed by atoms with Gasteiger partial charge in [-0.1, -0.05) is 17.9 Å². The number of aliphatic hydroxyl groups is 1. The number of nitrogens with one attached hydrogen (secondary N) is 1. The van der Waals surface area contributed by atoms with Crippen LogP contribution in [0.5, 0.6) is 0 Å². The molecule has 108 valence electrons. The van der Waals surface area contributed by atoms with Crippen molar-refractivity contribution in [1.82, 2.24) is 4.72 Å². The summed E-state index contributed by atoms with van der Waals surface area (Å²) in [6, 6.07) is 5.04. The van der Waals surface area contributed by atoms with Crippen LogP contribution in [0.25, 0.3) is 0 Å². The Kier molecular flexibility index (Phi) is 4.19. The molecule has 1 aliphatic carbocycles. The summed E-state index contributed by atoms with van der Waals surface area (Å²) in [7, 11) is -3.59. The van der Waals surface area contributed by atoms with Crippen LogP contribution >= 0.6 is 0 Å². The molecule has 0 atom stereocenters. The fourth-order valence-electron chi connectivity index (χ4n) is 2.30. The Bertz CT molecular complexity index is 664. The van der Waals surface area contributed by atoms with E-state index in [2.05, 4.69) is 16.6 Å². The Morgan fingerprint density at radius 3 is 2.65 bits per heavy atom. The number of aryl methyl sites for hydroxylation is 1. The van der Waals surface area contributed by atoms with Crippen LogP contribution < -0.4 is 4.72 Å². The zero-order valence-corrected chi connectivity index (χ0v) is 12.5. The lowest BCUT2D eigenvalue weighted by Gasteiger charge is -2.38. The molecule has 2 rings (SSSR count). The molecule has 0 saturated heterocycles. The molecule has 0 amide bonds. The van der Waals surface area contributed by atoms with Crippen molar-refractivity contribution < 1.29 is 13.5 Å². The average molecular weight is 293 g/mol. The highest BCUT2D eigenvalue weighted by Gasteiger charge is 2.36. The van der Waals surface area contributed by atoms with Gasteiger partial charge in [-0.15, -0.1) is 0 Å². The molecule has 0 heterocycles. The molecule has 0 spiro atoms. The van der Waals surface area contributed by atoms with Crippen molar-refractivity contribution in [2.45, 2.75) is 43.5 Å². The van der Waals surface area contributed by atoms with Gasteiger partial charge in [0.15, 0.2) is 0 Å². The monoisotopic (exact) mass is 293 g/mol. The van der Waals surface area contributed by atoms with E-state index >= 15 is 0 Å². The quantitative estimate of drug-likeness (QED) is 0.831. The first-order valence-corrected chi connectivity index (χ1v) is 8.09. The second-order valence-electron chi connectivity index (χ2n) is 5.48. The van der Waals surface area contributed by atoms with E-state index in [1.165, 1.54) is 0 Å². The largest absolute Gasteiger partial charge is 0.384 e. The molecule has 20 heavy (non-hydrogen) atoms. The lowest BCUT2D eigenvalue weighted by Crippen LogP contribution is -2.50. The van der Waals surface area contributed by atoms with Crippen molar-refractivity contribution in [3.63, 3.8) is 0 Å². The first-order chi connectivity index (χ1) is 9.36. The van der Waals surface area contributed by atoms with Crippen molar-refractivity contribution in [3.05, 3.63) is 29.3 Å². The summed E-state index contributed by atoms with van der Waals surface area (Å²) in [6.07, 6.45) is 2.76. The van der Waals surface area contributed by atoms with Crippen LogP contribution in [0.1, 0.15) is 37.3 Å². The van der Waals surface area contributed by atoms with Crippen molar-refractivity contribution in [1.29, 1.82) is 0 Å². The van der Waals surface area contributed by atoms with Gasteiger partial charge in [0.05, 0.1) is 4.90 Å². The number of rotatable bonds is 3. The lowest BCUT2D eigenvalue weighted by atomic mass is 9.80. The highest BCUT2D eigenvalue weighted by Crippen LogP contribution is 2.33. The van der Waals surface area contributed by atoms with Gasteiger partial charge in [0.1, 0.15) is 6.61 Å². The van der Waals surface area contributed by atoms with Gasteiger partial charge in [0.25, 0.3) is 0 Å². The molecule has 1 aliphatic rings. The molecule has 2 N–H and O–H groups in total. The lowest BCUT2D eigenvalue weighted by molar-refractivity contribution is 0.248. The molecule has 0 aliphatic heterocycles. The third-order valence-corrected chi connectivity index (χ3v) is 5.26. The summed E-state index contributed by atoms with van der Waals surface area (Å²) in [5, 5.41) is 8.79. The zero-order valence-electron chi connectivity index (χ0n) is 11.7. The van der Waals surface area contributed by atoms with Gasteiger partial charge in [-0.2, -0.15) is 0 Å². The Hall–Kier alpha value is -1.35. The summed E-state index contributed by atoms with van der Waals surface area (Å²) in [5.74, 6) is 5.22. The van der Waals surface area contributed by atoms with Gasteiger partial charge in [0.2, 0.25) is 10.0 Å². The second kappa shape index (κ2) is 5.57. The maximum absolute atomic E-state index is 12.5. The van der Waals surface area contributed by atoms with Crippen molar-refractivity contribution >= 4 is 10.0 Å². The van der Waals surface area contributed by atoms with Crippen molar-refractivity contribution in [2.24, 2.45) is 0 Å². The first-order valence-electron chi connectivity index (χ1n) is 6.61. The third-order valence-electron chi connectivity index (χ3n) is 3.56. The number of benzene rings is 1. The SMILES string of the molecule is Cc1ccc(S(=O)(=O)NC2(C)CCC2)c(C#CCO)c1. The Morgan fingerprint density at radius 1 is 1.40 bits per heavy atom. The van der Waals surface area contributed by atoms with E-state index < -0.39 is 10.0 Å². The van der Waals surface area contributed by atoms with Gasteiger partial charge < -0.3 is 5.11 Å². The highest BCUT2D eigenvalue weighted by molar-refractivity contribution is 7.89. The van der Waals surface area contributed by atoms with Crippen molar-refractivity contribution in [3.8, 4) is 11.8 Å². The summed E-state index contributed by atoms with van der Waals surface area (Å²) in [4.78, 5) is 0.178. The van der Waals surface area contributed by atoms with E-state index in [1.807, 2.05) is 13.8 Å². The summed E-state index contributed by atoms with van der Waals surface area (Å²) in [6.45, 7) is 3.50. The van der Waals surface area contributed by atoms with Gasteiger partial charge in [-0.3, -0.25) is 0 Å². The van der Waals surface area contributed by atoms with Gasteiger partial charge in [-0.05, 0) is 50.8 Å². The Labute approximate surface area is 120 Å². The van der Waals surface area contributed by atoms with Gasteiger partial charge >= 0.3 is 0 Å². The molecular weight excluding hydrogens is 274 g/mol. The number of sulfonamides is 1. The predicted molar refractivity (Wildman–Crippen MR) is 77.7 cm³/mol. The first kappa shape index (κ1) is 15.0. The van der Waals surface area contributed by atoms with E-state index in [4.69, 9.17) is 5.11 Å². The summed E-state index contributed by atoms with van der Waals surface area (Å²) < 4.78 is 27.8. The minimum absolute atomic E-state index is 0.178. The molecule has 1 aromatic rings. The molecule has 0 bridgehead atoms. The molecule has 0 radical (unpaired) electrons. The molecule has 1 aromatic carbocycles. The average Bonchev–Trinajstić information content (AvgIpc) is 2.33. The van der Waals surface area contributed by atoms with Crippen LogP contribution in [0, 0.1) is 18.8 Å². The maximum Gasteiger partial charge on any atom is 0.242 e.